The Hall–Kier alpha value is -1.13. The zero-order valence-corrected chi connectivity index (χ0v) is 11.6. The van der Waals surface area contributed by atoms with Crippen LogP contribution in [0.15, 0.2) is 12.1 Å². The van der Waals surface area contributed by atoms with Gasteiger partial charge < -0.3 is 5.32 Å². The van der Waals surface area contributed by atoms with Crippen molar-refractivity contribution in [3.05, 3.63) is 29.6 Å². The van der Waals surface area contributed by atoms with E-state index in [4.69, 9.17) is 0 Å². The van der Waals surface area contributed by atoms with Crippen LogP contribution in [-0.4, -0.2) is 25.5 Å². The molecule has 0 atom stereocenters. The lowest BCUT2D eigenvalue weighted by atomic mass is 10.3. The highest BCUT2D eigenvalue weighted by molar-refractivity contribution is 9.10. The van der Waals surface area contributed by atoms with Gasteiger partial charge in [0.05, 0.1) is 12.2 Å². The fraction of sp³-hybridized carbons (Fsp3) is 0.222. The quantitative estimate of drug-likeness (QED) is 0.614. The molecule has 0 bridgehead atoms. The lowest BCUT2D eigenvalue weighted by Crippen LogP contribution is -2.33. The molecule has 1 amide bonds. The molecule has 0 unspecified atom stereocenters. The average Bonchev–Trinajstić information content (AvgIpc) is 2.37. The van der Waals surface area contributed by atoms with Gasteiger partial charge in [0.2, 0.25) is 15.9 Å². The van der Waals surface area contributed by atoms with Gasteiger partial charge in [-0.25, -0.2) is 26.3 Å². The Labute approximate surface area is 115 Å². The van der Waals surface area contributed by atoms with Crippen LogP contribution in [0, 0.1) is 17.5 Å². The van der Waals surface area contributed by atoms with Crippen LogP contribution in [0.3, 0.4) is 0 Å². The Morgan fingerprint density at radius 3 is 2.42 bits per heavy atom. The number of amides is 1. The first kappa shape index (κ1) is 15.9. The summed E-state index contributed by atoms with van der Waals surface area (Å²) in [4.78, 5) is 11.3. The molecule has 0 aliphatic heterocycles. The van der Waals surface area contributed by atoms with E-state index >= 15 is 0 Å². The van der Waals surface area contributed by atoms with Crippen molar-refractivity contribution in [1.82, 2.24) is 4.72 Å². The lowest BCUT2D eigenvalue weighted by molar-refractivity contribution is -0.115. The van der Waals surface area contributed by atoms with Gasteiger partial charge in [0.1, 0.15) is 4.66 Å². The second kappa shape index (κ2) is 6.35. The molecule has 0 radical (unpaired) electrons. The van der Waals surface area contributed by atoms with E-state index in [-0.39, 0.29) is 0 Å². The molecular weight excluding hydrogens is 353 g/mol. The molecule has 5 nitrogen and oxygen atoms in total. The smallest absolute Gasteiger partial charge is 0.239 e. The summed E-state index contributed by atoms with van der Waals surface area (Å²) in [6, 6.07) is 1.46. The highest BCUT2D eigenvalue weighted by atomic mass is 79.9. The highest BCUT2D eigenvalue weighted by Gasteiger charge is 2.16. The molecule has 0 aromatic heterocycles. The van der Waals surface area contributed by atoms with Gasteiger partial charge in [-0.2, -0.15) is 0 Å². The Morgan fingerprint density at radius 1 is 1.21 bits per heavy atom. The van der Waals surface area contributed by atoms with Crippen molar-refractivity contribution < 1.29 is 26.4 Å². The molecule has 10 heteroatoms. The van der Waals surface area contributed by atoms with Crippen molar-refractivity contribution in [3.63, 3.8) is 0 Å². The Balaban J connectivity index is 2.71. The molecule has 1 rings (SSSR count). The predicted molar refractivity (Wildman–Crippen MR) is 65.7 cm³/mol. The summed E-state index contributed by atoms with van der Waals surface area (Å²) in [5.74, 6) is -5.60. The summed E-state index contributed by atoms with van der Waals surface area (Å²) in [6.45, 7) is -0.660. The highest BCUT2D eigenvalue weighted by Crippen LogP contribution is 2.19. The van der Waals surface area contributed by atoms with Gasteiger partial charge in [-0.1, -0.05) is 15.9 Å². The van der Waals surface area contributed by atoms with Crippen LogP contribution < -0.4 is 10.0 Å². The summed E-state index contributed by atoms with van der Waals surface area (Å²) in [6.07, 6.45) is 0. The number of rotatable bonds is 5. The zero-order valence-electron chi connectivity index (χ0n) is 9.21. The molecule has 0 heterocycles. The Kier molecular flexibility index (Phi) is 5.32. The van der Waals surface area contributed by atoms with E-state index in [9.17, 15) is 26.4 Å². The number of sulfonamides is 1. The normalized spacial score (nSPS) is 11.4. The molecule has 0 aliphatic rings. The number of halogens is 4. The summed E-state index contributed by atoms with van der Waals surface area (Å²) in [5.41, 5.74) is -0.582. The van der Waals surface area contributed by atoms with E-state index in [1.807, 2.05) is 10.0 Å². The average molecular weight is 361 g/mol. The van der Waals surface area contributed by atoms with E-state index in [1.54, 1.807) is 0 Å². The predicted octanol–water partition coefficient (Wildman–Crippen LogP) is 1.31. The van der Waals surface area contributed by atoms with Gasteiger partial charge in [0.25, 0.3) is 0 Å². The molecule has 0 fully saturated rings. The number of alkyl halides is 1. The molecular formula is C9H8BrF3N2O3S. The molecule has 1 aromatic rings. The first-order valence-electron chi connectivity index (χ1n) is 4.73. The van der Waals surface area contributed by atoms with Crippen LogP contribution in [-0.2, 0) is 14.8 Å². The second-order valence-electron chi connectivity index (χ2n) is 3.32. The molecule has 0 aliphatic carbocycles. The fourth-order valence-corrected chi connectivity index (χ4v) is 1.94. The number of carbonyl (C=O) groups excluding carboxylic acids is 1. The third-order valence-electron chi connectivity index (χ3n) is 1.91. The number of benzene rings is 1. The summed E-state index contributed by atoms with van der Waals surface area (Å²) in [5, 5.41) is 1.91. The molecule has 19 heavy (non-hydrogen) atoms. The first-order valence-corrected chi connectivity index (χ1v) is 7.51. The first-order chi connectivity index (χ1) is 8.76. The number of hydrogen-bond acceptors (Lipinski definition) is 3. The lowest BCUT2D eigenvalue weighted by Gasteiger charge is -2.08. The summed E-state index contributed by atoms with van der Waals surface area (Å²) >= 11 is 2.68. The minimum absolute atomic E-state index is 0.410. The maximum Gasteiger partial charge on any atom is 0.239 e. The van der Waals surface area contributed by atoms with E-state index in [0.717, 1.165) is 6.07 Å². The van der Waals surface area contributed by atoms with E-state index in [1.165, 1.54) is 0 Å². The van der Waals surface area contributed by atoms with Crippen molar-refractivity contribution in [2.45, 2.75) is 0 Å². The molecule has 0 saturated heterocycles. The van der Waals surface area contributed by atoms with E-state index in [2.05, 4.69) is 15.9 Å². The van der Waals surface area contributed by atoms with Gasteiger partial charge in [0, 0.05) is 0 Å². The van der Waals surface area contributed by atoms with Crippen molar-refractivity contribution in [2.24, 2.45) is 0 Å². The Morgan fingerprint density at radius 2 is 1.84 bits per heavy atom. The zero-order chi connectivity index (χ0) is 14.6. The van der Waals surface area contributed by atoms with Crippen LogP contribution in [0.25, 0.3) is 0 Å². The molecule has 2 N–H and O–H groups in total. The van der Waals surface area contributed by atoms with Crippen molar-refractivity contribution in [1.29, 1.82) is 0 Å². The monoisotopic (exact) mass is 360 g/mol. The standard InChI is InChI=1S/C9H8BrF3N2O3S/c10-4-19(17,18)14-3-7(16)15-6-2-1-5(11)8(12)9(6)13/h1-2,14H,3-4H2,(H,15,16). The fourth-order valence-electron chi connectivity index (χ4n) is 1.03. The van der Waals surface area contributed by atoms with Crippen molar-refractivity contribution >= 4 is 37.5 Å². The third-order valence-corrected chi connectivity index (χ3v) is 4.59. The minimum Gasteiger partial charge on any atom is -0.322 e. The van der Waals surface area contributed by atoms with Crippen LogP contribution >= 0.6 is 15.9 Å². The van der Waals surface area contributed by atoms with E-state index in [0.29, 0.717) is 6.07 Å². The topological polar surface area (TPSA) is 75.3 Å². The molecule has 0 saturated carbocycles. The second-order valence-corrected chi connectivity index (χ2v) is 6.43. The number of nitrogens with one attached hydrogen (secondary N) is 2. The van der Waals surface area contributed by atoms with Crippen molar-refractivity contribution in [2.75, 3.05) is 16.5 Å². The van der Waals surface area contributed by atoms with Crippen LogP contribution in [0.5, 0.6) is 0 Å². The van der Waals surface area contributed by atoms with Crippen LogP contribution in [0.2, 0.25) is 0 Å². The molecule has 1 aromatic carbocycles. The van der Waals surface area contributed by atoms with Crippen molar-refractivity contribution in [3.8, 4) is 0 Å². The Bertz CT molecular complexity index is 595. The summed E-state index contributed by atoms with van der Waals surface area (Å²) in [7, 11) is -3.65. The number of anilines is 1. The number of carbonyl (C=O) groups is 1. The number of hydrogen-bond donors (Lipinski definition) is 2. The van der Waals surface area contributed by atoms with Gasteiger partial charge in [0.15, 0.2) is 17.5 Å². The van der Waals surface area contributed by atoms with Gasteiger partial charge in [-0.05, 0) is 12.1 Å². The molecule has 0 spiro atoms. The van der Waals surface area contributed by atoms with Gasteiger partial charge in [-0.15, -0.1) is 0 Å². The van der Waals surface area contributed by atoms with Crippen LogP contribution in [0.4, 0.5) is 18.9 Å². The SMILES string of the molecule is O=C(CNS(=O)(=O)CBr)Nc1ccc(F)c(F)c1F. The van der Waals surface area contributed by atoms with E-state index < -0.39 is 50.3 Å². The third kappa shape index (κ3) is 4.48. The largest absolute Gasteiger partial charge is 0.322 e. The van der Waals surface area contributed by atoms with Gasteiger partial charge in [-0.3, -0.25) is 4.79 Å². The maximum absolute atomic E-state index is 13.2. The summed E-state index contributed by atoms with van der Waals surface area (Å²) < 4.78 is 62.1. The molecule has 106 valence electrons. The van der Waals surface area contributed by atoms with Crippen LogP contribution in [0.1, 0.15) is 0 Å². The van der Waals surface area contributed by atoms with Gasteiger partial charge >= 0.3 is 0 Å². The maximum atomic E-state index is 13.2. The minimum atomic E-state index is -3.65.